The highest BCUT2D eigenvalue weighted by atomic mass is 19.4. The average molecular weight is 498 g/mol. The van der Waals surface area contributed by atoms with Crippen molar-refractivity contribution in [1.29, 1.82) is 5.41 Å². The van der Waals surface area contributed by atoms with E-state index in [-0.39, 0.29) is 23.8 Å². The van der Waals surface area contributed by atoms with Gasteiger partial charge >= 0.3 is 6.18 Å². The molecule has 188 valence electrons. The zero-order chi connectivity index (χ0) is 25.8. The Hall–Kier alpha value is -3.71. The molecule has 0 bridgehead atoms. The van der Waals surface area contributed by atoms with Gasteiger partial charge in [0.25, 0.3) is 11.8 Å². The summed E-state index contributed by atoms with van der Waals surface area (Å²) in [6.45, 7) is 0.516. The number of halogens is 5. The molecule has 2 atom stereocenters. The Morgan fingerprint density at radius 2 is 1.94 bits per heavy atom. The number of aromatic nitrogens is 4. The summed E-state index contributed by atoms with van der Waals surface area (Å²) >= 11 is 0. The Morgan fingerprint density at radius 3 is 2.51 bits per heavy atom. The van der Waals surface area contributed by atoms with Gasteiger partial charge < -0.3 is 15.5 Å². The molecule has 35 heavy (non-hydrogen) atoms. The van der Waals surface area contributed by atoms with Gasteiger partial charge in [-0.05, 0) is 24.1 Å². The van der Waals surface area contributed by atoms with Crippen molar-refractivity contribution in [2.75, 3.05) is 25.5 Å². The van der Waals surface area contributed by atoms with Crippen LogP contribution in [-0.2, 0) is 11.0 Å². The van der Waals surface area contributed by atoms with E-state index in [0.717, 1.165) is 17.0 Å². The highest BCUT2D eigenvalue weighted by molar-refractivity contribution is 6.54. The highest BCUT2D eigenvalue weighted by Crippen LogP contribution is 2.35. The van der Waals surface area contributed by atoms with Crippen molar-refractivity contribution in [1.82, 2.24) is 30.4 Å². The first-order valence-corrected chi connectivity index (χ1v) is 10.5. The second-order valence-corrected chi connectivity index (χ2v) is 8.01. The molecule has 0 radical (unpaired) electrons. The summed E-state index contributed by atoms with van der Waals surface area (Å²) in [5.74, 6) is -4.80. The number of piperidine rings is 1. The third-order valence-corrected chi connectivity index (χ3v) is 5.37. The standard InChI is InChI=1S/C21H23F5N8O/c1-12-8-20(22,23)11-34(14(12)10-31-16-5-4-15(32-33-16)21(24,25)26)19(35)17(27)13(9-28-2)18-29-6-3-7-30-18/h3-7,9,12,14,27-28H,8,10-11H2,1-2H3,(H,31,33)/b13-9+,27-17?/t12-,14?/m1/s1. The van der Waals surface area contributed by atoms with Gasteiger partial charge in [-0.15, -0.1) is 10.2 Å². The van der Waals surface area contributed by atoms with Crippen LogP contribution in [0.25, 0.3) is 5.57 Å². The van der Waals surface area contributed by atoms with Gasteiger partial charge in [0.1, 0.15) is 11.5 Å². The number of anilines is 1. The largest absolute Gasteiger partial charge is 0.435 e. The van der Waals surface area contributed by atoms with E-state index in [0.29, 0.717) is 0 Å². The predicted molar refractivity (Wildman–Crippen MR) is 117 cm³/mol. The van der Waals surface area contributed by atoms with E-state index >= 15 is 0 Å². The lowest BCUT2D eigenvalue weighted by Gasteiger charge is -2.43. The summed E-state index contributed by atoms with van der Waals surface area (Å²) in [5.41, 5.74) is -1.75. The molecule has 3 rings (SSSR count). The maximum Gasteiger partial charge on any atom is 0.435 e. The van der Waals surface area contributed by atoms with Gasteiger partial charge in [0.15, 0.2) is 11.5 Å². The van der Waals surface area contributed by atoms with E-state index < -0.39 is 54.3 Å². The molecule has 3 heterocycles. The number of likely N-dealkylation sites (tertiary alicyclic amines) is 1. The lowest BCUT2D eigenvalue weighted by Crippen LogP contribution is -2.58. The molecular formula is C21H23F5N8O. The lowest BCUT2D eigenvalue weighted by atomic mass is 9.87. The highest BCUT2D eigenvalue weighted by Gasteiger charge is 2.47. The number of nitrogens with one attached hydrogen (secondary N) is 3. The molecule has 1 amide bonds. The van der Waals surface area contributed by atoms with Crippen LogP contribution < -0.4 is 10.6 Å². The molecule has 1 fully saturated rings. The summed E-state index contributed by atoms with van der Waals surface area (Å²) in [6.07, 6.45) is -1.00. The van der Waals surface area contributed by atoms with Crippen LogP contribution in [0.3, 0.4) is 0 Å². The number of rotatable bonds is 7. The summed E-state index contributed by atoms with van der Waals surface area (Å²) < 4.78 is 67.0. The van der Waals surface area contributed by atoms with Crippen molar-refractivity contribution >= 4 is 23.0 Å². The molecule has 0 saturated carbocycles. The maximum atomic E-state index is 14.4. The molecule has 2 aromatic rings. The molecule has 0 spiro atoms. The minimum absolute atomic E-state index is 0.0139. The maximum absolute atomic E-state index is 14.4. The SMILES string of the molecule is CN/C=C(\C(=N)C(=O)N1CC(F)(F)C[C@@H](C)C1CNc1ccc(C(F)(F)F)nn1)c1ncccn1. The fraction of sp³-hybridized carbons (Fsp3) is 0.429. The van der Waals surface area contributed by atoms with Gasteiger partial charge in [-0.2, -0.15) is 13.2 Å². The fourth-order valence-electron chi connectivity index (χ4n) is 3.76. The van der Waals surface area contributed by atoms with Crippen LogP contribution in [0.2, 0.25) is 0 Å². The van der Waals surface area contributed by atoms with Crippen LogP contribution >= 0.6 is 0 Å². The van der Waals surface area contributed by atoms with Crippen LogP contribution in [0, 0.1) is 11.3 Å². The van der Waals surface area contributed by atoms with Crippen molar-refractivity contribution in [3.63, 3.8) is 0 Å². The molecule has 1 unspecified atom stereocenters. The summed E-state index contributed by atoms with van der Waals surface area (Å²) in [4.78, 5) is 22.2. The fourth-order valence-corrected chi connectivity index (χ4v) is 3.76. The van der Waals surface area contributed by atoms with E-state index in [1.165, 1.54) is 32.6 Å². The molecular weight excluding hydrogens is 475 g/mol. The molecule has 1 aliphatic heterocycles. The van der Waals surface area contributed by atoms with E-state index in [1.807, 2.05) is 0 Å². The Balaban J connectivity index is 1.83. The third-order valence-electron chi connectivity index (χ3n) is 5.37. The number of carbonyl (C=O) groups is 1. The van der Waals surface area contributed by atoms with Crippen molar-refractivity contribution < 1.29 is 26.7 Å². The predicted octanol–water partition coefficient (Wildman–Crippen LogP) is 2.85. The first-order chi connectivity index (χ1) is 16.4. The van der Waals surface area contributed by atoms with Crippen molar-refractivity contribution in [2.45, 2.75) is 31.5 Å². The van der Waals surface area contributed by atoms with Crippen LogP contribution in [0.1, 0.15) is 24.9 Å². The molecule has 2 aromatic heterocycles. The molecule has 1 aliphatic rings. The molecule has 3 N–H and O–H groups in total. The zero-order valence-corrected chi connectivity index (χ0v) is 18.8. The van der Waals surface area contributed by atoms with Crippen molar-refractivity contribution in [3.8, 4) is 0 Å². The van der Waals surface area contributed by atoms with Crippen LogP contribution in [0.15, 0.2) is 36.8 Å². The van der Waals surface area contributed by atoms with Crippen LogP contribution in [0.5, 0.6) is 0 Å². The average Bonchev–Trinajstić information content (AvgIpc) is 2.80. The first-order valence-electron chi connectivity index (χ1n) is 10.5. The molecule has 1 saturated heterocycles. The summed E-state index contributed by atoms with van der Waals surface area (Å²) in [5, 5.41) is 20.5. The second-order valence-electron chi connectivity index (χ2n) is 8.01. The molecule has 14 heteroatoms. The van der Waals surface area contributed by atoms with Gasteiger partial charge in [-0.1, -0.05) is 6.92 Å². The van der Waals surface area contributed by atoms with Gasteiger partial charge in [0.05, 0.1) is 18.2 Å². The Bertz CT molecular complexity index is 1080. The third kappa shape index (κ3) is 6.25. The number of amides is 1. The number of alkyl halides is 5. The minimum atomic E-state index is -4.65. The van der Waals surface area contributed by atoms with Gasteiger partial charge in [0.2, 0.25) is 0 Å². The van der Waals surface area contributed by atoms with Gasteiger partial charge in [-0.3, -0.25) is 10.2 Å². The second kappa shape index (κ2) is 10.3. The van der Waals surface area contributed by atoms with E-state index in [9.17, 15) is 26.7 Å². The normalized spacial score (nSPS) is 20.3. The Morgan fingerprint density at radius 1 is 1.26 bits per heavy atom. The number of carbonyl (C=O) groups excluding carboxylic acids is 1. The number of hydrogen-bond acceptors (Lipinski definition) is 8. The van der Waals surface area contributed by atoms with Crippen LogP contribution in [0.4, 0.5) is 27.8 Å². The smallest absolute Gasteiger partial charge is 0.393 e. The summed E-state index contributed by atoms with van der Waals surface area (Å²) in [6, 6.07) is 2.54. The van der Waals surface area contributed by atoms with Gasteiger partial charge in [0, 0.05) is 38.6 Å². The van der Waals surface area contributed by atoms with Crippen molar-refractivity contribution in [3.05, 3.63) is 48.3 Å². The number of nitrogens with zero attached hydrogens (tertiary/aromatic N) is 5. The van der Waals surface area contributed by atoms with E-state index in [4.69, 9.17) is 5.41 Å². The van der Waals surface area contributed by atoms with Crippen molar-refractivity contribution in [2.24, 2.45) is 5.92 Å². The Labute approximate surface area is 197 Å². The minimum Gasteiger partial charge on any atom is -0.393 e. The van der Waals surface area contributed by atoms with E-state index in [2.05, 4.69) is 30.8 Å². The van der Waals surface area contributed by atoms with Crippen LogP contribution in [-0.4, -0.2) is 68.8 Å². The van der Waals surface area contributed by atoms with E-state index in [1.54, 1.807) is 6.07 Å². The molecule has 0 aromatic carbocycles. The van der Waals surface area contributed by atoms with Gasteiger partial charge in [-0.25, -0.2) is 18.7 Å². The lowest BCUT2D eigenvalue weighted by molar-refractivity contribution is -0.145. The first kappa shape index (κ1) is 25.9. The molecule has 9 nitrogen and oxygen atoms in total. The Kier molecular flexibility index (Phi) is 7.60. The topological polar surface area (TPSA) is 120 Å². The quantitative estimate of drug-likeness (QED) is 0.397. The monoisotopic (exact) mass is 498 g/mol. The molecule has 0 aliphatic carbocycles. The zero-order valence-electron chi connectivity index (χ0n) is 18.8. The summed E-state index contributed by atoms with van der Waals surface area (Å²) in [7, 11) is 1.54. The number of hydrogen-bond donors (Lipinski definition) is 3.